The van der Waals surface area contributed by atoms with Gasteiger partial charge in [-0.1, -0.05) is 24.3 Å². The van der Waals surface area contributed by atoms with Gasteiger partial charge in [0.1, 0.15) is 0 Å². The standard InChI is InChI=1S/C14H21N3O4S/c15-9-10-1-3-11(4-2-10)13(16-22(20)21)12-5-7-17(8-6-12)14(18)19/h1-4,12-13,16H,5-9,15H2,(H,18,19)(H,20,21)/p-1. The molecule has 0 bridgehead atoms. The van der Waals surface area contributed by atoms with Crippen LogP contribution in [0.1, 0.15) is 30.0 Å². The molecule has 0 aliphatic carbocycles. The Morgan fingerprint density at radius 3 is 2.45 bits per heavy atom. The summed E-state index contributed by atoms with van der Waals surface area (Å²) in [6.07, 6.45) is 0.322. The fourth-order valence-electron chi connectivity index (χ4n) is 2.83. The predicted molar refractivity (Wildman–Crippen MR) is 81.5 cm³/mol. The zero-order valence-corrected chi connectivity index (χ0v) is 12.9. The molecule has 22 heavy (non-hydrogen) atoms. The lowest BCUT2D eigenvalue weighted by Crippen LogP contribution is -2.41. The first-order valence-electron chi connectivity index (χ1n) is 7.13. The smallest absolute Gasteiger partial charge is 0.407 e. The monoisotopic (exact) mass is 326 g/mol. The Morgan fingerprint density at radius 1 is 1.41 bits per heavy atom. The van der Waals surface area contributed by atoms with E-state index in [-0.39, 0.29) is 12.0 Å². The maximum atomic E-state index is 11.1. The van der Waals surface area contributed by atoms with E-state index in [1.54, 1.807) is 0 Å². The van der Waals surface area contributed by atoms with Crippen molar-refractivity contribution in [1.29, 1.82) is 0 Å². The number of carboxylic acid groups (broad SMARTS) is 1. The van der Waals surface area contributed by atoms with Gasteiger partial charge < -0.3 is 20.3 Å². The van der Waals surface area contributed by atoms with Gasteiger partial charge in [0, 0.05) is 36.9 Å². The third kappa shape index (κ3) is 4.26. The Labute approximate surface area is 131 Å². The summed E-state index contributed by atoms with van der Waals surface area (Å²) in [4.78, 5) is 12.3. The summed E-state index contributed by atoms with van der Waals surface area (Å²) < 4.78 is 24.7. The third-order valence-electron chi connectivity index (χ3n) is 4.08. The van der Waals surface area contributed by atoms with Gasteiger partial charge in [-0.25, -0.2) is 9.52 Å². The zero-order chi connectivity index (χ0) is 16.1. The first kappa shape index (κ1) is 16.9. The minimum Gasteiger partial charge on any atom is -0.760 e. The van der Waals surface area contributed by atoms with Crippen molar-refractivity contribution in [3.05, 3.63) is 35.4 Å². The van der Waals surface area contributed by atoms with Gasteiger partial charge in [0.05, 0.1) is 0 Å². The summed E-state index contributed by atoms with van der Waals surface area (Å²) in [6.45, 7) is 1.28. The highest BCUT2D eigenvalue weighted by atomic mass is 32.2. The summed E-state index contributed by atoms with van der Waals surface area (Å²) >= 11 is -2.38. The van der Waals surface area contributed by atoms with Crippen molar-refractivity contribution in [3.8, 4) is 0 Å². The van der Waals surface area contributed by atoms with Crippen LogP contribution < -0.4 is 10.5 Å². The van der Waals surface area contributed by atoms with Crippen LogP contribution in [0, 0.1) is 5.92 Å². The van der Waals surface area contributed by atoms with E-state index < -0.39 is 17.4 Å². The van der Waals surface area contributed by atoms with Crippen LogP contribution in [0.25, 0.3) is 0 Å². The van der Waals surface area contributed by atoms with E-state index in [9.17, 15) is 13.6 Å². The first-order chi connectivity index (χ1) is 10.5. The van der Waals surface area contributed by atoms with Gasteiger partial charge in [-0.05, 0) is 29.9 Å². The van der Waals surface area contributed by atoms with Crippen molar-refractivity contribution in [2.75, 3.05) is 13.1 Å². The van der Waals surface area contributed by atoms with Crippen LogP contribution in [-0.4, -0.2) is 38.0 Å². The fraction of sp³-hybridized carbons (Fsp3) is 0.500. The number of likely N-dealkylation sites (tertiary alicyclic amines) is 1. The third-order valence-corrected chi connectivity index (χ3v) is 4.53. The molecule has 122 valence electrons. The number of carbonyl (C=O) groups is 1. The second-order valence-electron chi connectivity index (χ2n) is 5.38. The molecule has 0 spiro atoms. The summed E-state index contributed by atoms with van der Waals surface area (Å²) in [7, 11) is 0. The molecule has 1 aromatic rings. The van der Waals surface area contributed by atoms with E-state index in [4.69, 9.17) is 10.8 Å². The van der Waals surface area contributed by atoms with Gasteiger partial charge in [-0.3, -0.25) is 4.21 Å². The van der Waals surface area contributed by atoms with Gasteiger partial charge in [0.25, 0.3) is 0 Å². The summed E-state index contributed by atoms with van der Waals surface area (Å²) in [5, 5.41) is 8.98. The fourth-order valence-corrected chi connectivity index (χ4v) is 3.36. The molecule has 1 aliphatic heterocycles. The minimum atomic E-state index is -2.38. The van der Waals surface area contributed by atoms with Crippen molar-refractivity contribution >= 4 is 17.4 Å². The number of rotatable bonds is 5. The number of piperidine rings is 1. The van der Waals surface area contributed by atoms with E-state index in [0.717, 1.165) is 11.1 Å². The van der Waals surface area contributed by atoms with Crippen LogP contribution in [0.3, 0.4) is 0 Å². The Hall–Kier alpha value is -1.48. The molecule has 1 aliphatic rings. The first-order valence-corrected chi connectivity index (χ1v) is 8.21. The molecule has 2 atom stereocenters. The normalized spacial score (nSPS) is 18.9. The van der Waals surface area contributed by atoms with Crippen molar-refractivity contribution in [2.45, 2.75) is 25.4 Å². The lowest BCUT2D eigenvalue weighted by molar-refractivity contribution is 0.118. The average molecular weight is 326 g/mol. The molecule has 1 aromatic carbocycles. The molecule has 7 nitrogen and oxygen atoms in total. The van der Waals surface area contributed by atoms with Gasteiger partial charge in [0.2, 0.25) is 0 Å². The average Bonchev–Trinajstić information content (AvgIpc) is 2.53. The SMILES string of the molecule is NCc1ccc(C(NS(=O)[O-])C2CCN(C(=O)O)CC2)cc1. The number of hydrogen-bond acceptors (Lipinski definition) is 4. The van der Waals surface area contributed by atoms with E-state index in [2.05, 4.69) is 4.72 Å². The van der Waals surface area contributed by atoms with E-state index in [1.165, 1.54) is 4.90 Å². The largest absolute Gasteiger partial charge is 0.760 e. The van der Waals surface area contributed by atoms with Crippen LogP contribution in [0.4, 0.5) is 4.79 Å². The zero-order valence-electron chi connectivity index (χ0n) is 12.1. The van der Waals surface area contributed by atoms with Crippen LogP contribution in [0.2, 0.25) is 0 Å². The van der Waals surface area contributed by atoms with Crippen molar-refractivity contribution in [1.82, 2.24) is 9.62 Å². The number of nitrogens with zero attached hydrogens (tertiary/aromatic N) is 1. The summed E-state index contributed by atoms with van der Waals surface area (Å²) in [5.74, 6) is 0.0669. The maximum absolute atomic E-state index is 11.1. The molecule has 2 unspecified atom stereocenters. The van der Waals surface area contributed by atoms with Gasteiger partial charge in [0.15, 0.2) is 0 Å². The second-order valence-corrected chi connectivity index (χ2v) is 6.09. The predicted octanol–water partition coefficient (Wildman–Crippen LogP) is 0.960. The number of benzene rings is 1. The highest BCUT2D eigenvalue weighted by molar-refractivity contribution is 7.77. The highest BCUT2D eigenvalue weighted by Gasteiger charge is 2.29. The minimum absolute atomic E-state index is 0.0669. The van der Waals surface area contributed by atoms with Crippen LogP contribution in [-0.2, 0) is 17.8 Å². The van der Waals surface area contributed by atoms with Crippen LogP contribution >= 0.6 is 0 Å². The van der Waals surface area contributed by atoms with E-state index in [0.29, 0.717) is 32.5 Å². The van der Waals surface area contributed by atoms with Gasteiger partial charge in [-0.15, -0.1) is 0 Å². The molecule has 1 heterocycles. The molecular weight excluding hydrogens is 306 g/mol. The Bertz CT molecular complexity index is 529. The van der Waals surface area contributed by atoms with E-state index >= 15 is 0 Å². The molecule has 0 saturated carbocycles. The second kappa shape index (κ2) is 7.68. The maximum Gasteiger partial charge on any atom is 0.407 e. The number of nitrogens with two attached hydrogens (primary N) is 1. The number of hydrogen-bond donors (Lipinski definition) is 3. The molecule has 0 radical (unpaired) electrons. The number of nitrogens with one attached hydrogen (secondary N) is 1. The molecular formula is C14H20N3O4S-. The molecule has 4 N–H and O–H groups in total. The lowest BCUT2D eigenvalue weighted by atomic mass is 9.86. The Balaban J connectivity index is 2.12. The summed E-state index contributed by atoms with van der Waals surface area (Å²) in [6, 6.07) is 7.15. The van der Waals surface area contributed by atoms with Crippen LogP contribution in [0.15, 0.2) is 24.3 Å². The molecule has 0 aromatic heterocycles. The van der Waals surface area contributed by atoms with Gasteiger partial charge in [-0.2, -0.15) is 0 Å². The van der Waals surface area contributed by atoms with Crippen LogP contribution in [0.5, 0.6) is 0 Å². The number of amides is 1. The molecule has 1 fully saturated rings. The molecule has 2 rings (SSSR count). The quantitative estimate of drug-likeness (QED) is 0.696. The van der Waals surface area contributed by atoms with Crippen molar-refractivity contribution in [3.63, 3.8) is 0 Å². The summed E-state index contributed by atoms with van der Waals surface area (Å²) in [5.41, 5.74) is 7.42. The molecule has 1 amide bonds. The molecule has 8 heteroatoms. The Kier molecular flexibility index (Phi) is 5.90. The lowest BCUT2D eigenvalue weighted by Gasteiger charge is -2.35. The van der Waals surface area contributed by atoms with E-state index in [1.807, 2.05) is 24.3 Å². The molecule has 1 saturated heterocycles. The van der Waals surface area contributed by atoms with Gasteiger partial charge >= 0.3 is 6.09 Å². The highest BCUT2D eigenvalue weighted by Crippen LogP contribution is 2.31. The topological polar surface area (TPSA) is 119 Å². The van der Waals surface area contributed by atoms with Crippen molar-refractivity contribution < 1.29 is 18.7 Å². The Morgan fingerprint density at radius 2 is 2.00 bits per heavy atom. The van der Waals surface area contributed by atoms with Crippen molar-refractivity contribution in [2.24, 2.45) is 11.7 Å².